The molecule has 1 aromatic rings. The molecule has 0 aromatic heterocycles. The van der Waals surface area contributed by atoms with Crippen molar-refractivity contribution in [1.29, 1.82) is 0 Å². The second-order valence-electron chi connectivity index (χ2n) is 4.98. The van der Waals surface area contributed by atoms with E-state index in [4.69, 9.17) is 9.47 Å². The first-order valence-electron chi connectivity index (χ1n) is 6.24. The number of methoxy groups -OCH3 is 2. The molecule has 2 aliphatic rings. The van der Waals surface area contributed by atoms with Gasteiger partial charge >= 0.3 is 6.09 Å². The summed E-state index contributed by atoms with van der Waals surface area (Å²) in [5.74, 6) is 1.32. The molecule has 1 fully saturated rings. The van der Waals surface area contributed by atoms with Crippen molar-refractivity contribution in [1.82, 2.24) is 4.90 Å². The summed E-state index contributed by atoms with van der Waals surface area (Å²) in [5.41, 5.74) is 2.67. The Bertz CT molecular complexity index is 486. The summed E-state index contributed by atoms with van der Waals surface area (Å²) in [6.07, 6.45) is 1.75. The molecule has 0 N–H and O–H groups in total. The van der Waals surface area contributed by atoms with Crippen molar-refractivity contribution < 1.29 is 14.3 Å². The molecule has 4 heteroatoms. The highest BCUT2D eigenvalue weighted by Gasteiger charge is 2.41. The zero-order valence-electron chi connectivity index (χ0n) is 10.7. The minimum Gasteiger partial charge on any atom is -0.497 e. The first-order chi connectivity index (χ1) is 8.72. The van der Waals surface area contributed by atoms with E-state index in [-0.39, 0.29) is 6.09 Å². The quantitative estimate of drug-likeness (QED) is 0.763. The topological polar surface area (TPSA) is 38.8 Å². The summed E-state index contributed by atoms with van der Waals surface area (Å²) in [4.78, 5) is 13.6. The van der Waals surface area contributed by atoms with E-state index in [1.165, 1.54) is 18.2 Å². The van der Waals surface area contributed by atoms with E-state index < -0.39 is 0 Å². The molecule has 18 heavy (non-hydrogen) atoms. The largest absolute Gasteiger partial charge is 0.497 e. The minimum absolute atomic E-state index is 0.206. The van der Waals surface area contributed by atoms with Gasteiger partial charge in [0, 0.05) is 18.5 Å². The van der Waals surface area contributed by atoms with Gasteiger partial charge in [0.05, 0.1) is 14.2 Å². The van der Waals surface area contributed by atoms with E-state index in [1.54, 1.807) is 7.11 Å². The zero-order valence-corrected chi connectivity index (χ0v) is 10.7. The van der Waals surface area contributed by atoms with Crippen LogP contribution < -0.4 is 4.74 Å². The fourth-order valence-corrected chi connectivity index (χ4v) is 3.20. The van der Waals surface area contributed by atoms with Crippen molar-refractivity contribution in [3.8, 4) is 5.75 Å². The van der Waals surface area contributed by atoms with Gasteiger partial charge in [0.1, 0.15) is 5.75 Å². The highest BCUT2D eigenvalue weighted by Crippen LogP contribution is 2.41. The molecule has 2 unspecified atom stereocenters. The van der Waals surface area contributed by atoms with Gasteiger partial charge in [-0.2, -0.15) is 0 Å². The Labute approximate surface area is 106 Å². The third-order valence-corrected chi connectivity index (χ3v) is 4.07. The van der Waals surface area contributed by atoms with E-state index in [1.807, 2.05) is 11.0 Å². The van der Waals surface area contributed by atoms with E-state index in [9.17, 15) is 4.79 Å². The summed E-state index contributed by atoms with van der Waals surface area (Å²) < 4.78 is 10.1. The Morgan fingerprint density at radius 1 is 1.39 bits per heavy atom. The molecule has 2 atom stereocenters. The molecule has 2 bridgehead atoms. The molecule has 1 heterocycles. The lowest BCUT2D eigenvalue weighted by Gasteiger charge is -2.25. The van der Waals surface area contributed by atoms with Crippen LogP contribution in [0.4, 0.5) is 4.79 Å². The summed E-state index contributed by atoms with van der Waals surface area (Å²) in [6, 6.07) is 6.51. The predicted molar refractivity (Wildman–Crippen MR) is 67.0 cm³/mol. The van der Waals surface area contributed by atoms with Crippen molar-refractivity contribution in [2.45, 2.75) is 24.8 Å². The smallest absolute Gasteiger partial charge is 0.409 e. The van der Waals surface area contributed by atoms with Gasteiger partial charge in [-0.1, -0.05) is 6.07 Å². The number of nitrogens with zero attached hydrogens (tertiary/aromatic N) is 1. The number of amides is 1. The van der Waals surface area contributed by atoms with Crippen molar-refractivity contribution in [3.63, 3.8) is 0 Å². The van der Waals surface area contributed by atoms with Crippen molar-refractivity contribution >= 4 is 6.09 Å². The Hall–Kier alpha value is -1.71. The van der Waals surface area contributed by atoms with Gasteiger partial charge in [-0.25, -0.2) is 4.79 Å². The number of fused-ring (bicyclic) bond motifs is 4. The van der Waals surface area contributed by atoms with E-state index in [2.05, 4.69) is 12.1 Å². The number of likely N-dealkylation sites (tertiary alicyclic amines) is 1. The average Bonchev–Trinajstić information content (AvgIpc) is 2.76. The number of rotatable bonds is 1. The molecule has 1 amide bonds. The highest BCUT2D eigenvalue weighted by atomic mass is 16.5. The third-order valence-electron chi connectivity index (χ3n) is 4.07. The van der Waals surface area contributed by atoms with Crippen molar-refractivity contribution in [2.75, 3.05) is 20.8 Å². The number of carbonyl (C=O) groups is 1. The Kier molecular flexibility index (Phi) is 2.65. The van der Waals surface area contributed by atoms with E-state index in [0.29, 0.717) is 12.0 Å². The molecule has 0 saturated carbocycles. The lowest BCUT2D eigenvalue weighted by molar-refractivity contribution is 0.119. The maximum Gasteiger partial charge on any atom is 0.409 e. The minimum atomic E-state index is -0.206. The van der Waals surface area contributed by atoms with Gasteiger partial charge in [0.15, 0.2) is 0 Å². The molecule has 4 nitrogen and oxygen atoms in total. The predicted octanol–water partition coefficient (Wildman–Crippen LogP) is 2.18. The van der Waals surface area contributed by atoms with Gasteiger partial charge in [0.2, 0.25) is 0 Å². The van der Waals surface area contributed by atoms with Gasteiger partial charge < -0.3 is 14.4 Å². The first-order valence-corrected chi connectivity index (χ1v) is 6.24. The Balaban J connectivity index is 1.91. The highest BCUT2D eigenvalue weighted by molar-refractivity contribution is 5.69. The van der Waals surface area contributed by atoms with Crippen LogP contribution in [0.5, 0.6) is 5.75 Å². The molecule has 0 radical (unpaired) electrons. The SMILES string of the molecule is COC(=O)N1CC2CC1Cc1ccc(OC)cc12. The van der Waals surface area contributed by atoms with Crippen LogP contribution in [0.2, 0.25) is 0 Å². The monoisotopic (exact) mass is 247 g/mol. The molecule has 0 spiro atoms. The van der Waals surface area contributed by atoms with Crippen LogP contribution in [0, 0.1) is 0 Å². The van der Waals surface area contributed by atoms with Crippen LogP contribution in [-0.2, 0) is 11.2 Å². The van der Waals surface area contributed by atoms with E-state index in [0.717, 1.165) is 25.1 Å². The molecular weight excluding hydrogens is 230 g/mol. The molecule has 96 valence electrons. The lowest BCUT2D eigenvalue weighted by Crippen LogP contribution is -2.36. The van der Waals surface area contributed by atoms with Gasteiger partial charge in [-0.05, 0) is 36.1 Å². The third kappa shape index (κ3) is 1.64. The number of hydrogen-bond acceptors (Lipinski definition) is 3. The number of hydrogen-bond donors (Lipinski definition) is 0. The summed E-state index contributed by atoms with van der Waals surface area (Å²) in [5, 5.41) is 0. The van der Waals surface area contributed by atoms with Crippen LogP contribution in [0.15, 0.2) is 18.2 Å². The number of benzene rings is 1. The number of carbonyl (C=O) groups excluding carboxylic acids is 1. The Morgan fingerprint density at radius 2 is 2.22 bits per heavy atom. The van der Waals surface area contributed by atoms with Crippen LogP contribution >= 0.6 is 0 Å². The molecule has 1 aromatic carbocycles. The first kappa shape index (κ1) is 11.4. The summed E-state index contributed by atoms with van der Waals surface area (Å²) >= 11 is 0. The molecule has 1 saturated heterocycles. The number of ether oxygens (including phenoxy) is 2. The standard InChI is InChI=1S/C14H17NO3/c1-17-12-4-3-9-5-11-6-10(13(9)7-12)8-15(11)14(16)18-2/h3-4,7,10-11H,5-6,8H2,1-2H3. The van der Waals surface area contributed by atoms with Crippen LogP contribution in [0.25, 0.3) is 0 Å². The van der Waals surface area contributed by atoms with Crippen LogP contribution in [0.3, 0.4) is 0 Å². The molecular formula is C14H17NO3. The van der Waals surface area contributed by atoms with Crippen molar-refractivity contribution in [3.05, 3.63) is 29.3 Å². The molecule has 1 aliphatic heterocycles. The molecule has 3 rings (SSSR count). The van der Waals surface area contributed by atoms with Gasteiger partial charge in [-0.15, -0.1) is 0 Å². The van der Waals surface area contributed by atoms with E-state index >= 15 is 0 Å². The second kappa shape index (κ2) is 4.19. The zero-order chi connectivity index (χ0) is 12.7. The Morgan fingerprint density at radius 3 is 2.94 bits per heavy atom. The molecule has 1 aliphatic carbocycles. The maximum atomic E-state index is 11.7. The fourth-order valence-electron chi connectivity index (χ4n) is 3.20. The maximum absolute atomic E-state index is 11.7. The second-order valence-corrected chi connectivity index (χ2v) is 4.98. The normalized spacial score (nSPS) is 24.7. The summed E-state index contributed by atoms with van der Waals surface area (Å²) in [6.45, 7) is 0.761. The fraction of sp³-hybridized carbons (Fsp3) is 0.500. The van der Waals surface area contributed by atoms with Gasteiger partial charge in [-0.3, -0.25) is 0 Å². The van der Waals surface area contributed by atoms with Crippen LogP contribution in [0.1, 0.15) is 23.5 Å². The lowest BCUT2D eigenvalue weighted by atomic mass is 9.83. The van der Waals surface area contributed by atoms with Crippen molar-refractivity contribution in [2.24, 2.45) is 0 Å². The van der Waals surface area contributed by atoms with Gasteiger partial charge in [0.25, 0.3) is 0 Å². The summed E-state index contributed by atoms with van der Waals surface area (Å²) in [7, 11) is 3.13. The average molecular weight is 247 g/mol. The van der Waals surface area contributed by atoms with Crippen LogP contribution in [-0.4, -0.2) is 37.8 Å².